The monoisotopic (exact) mass is 434 g/mol. The van der Waals surface area contributed by atoms with Gasteiger partial charge in [-0.15, -0.1) is 0 Å². The summed E-state index contributed by atoms with van der Waals surface area (Å²) in [5.41, 5.74) is 11.5. The predicted octanol–water partition coefficient (Wildman–Crippen LogP) is 0.742. The number of rotatable bonds is 10. The molecule has 1 amide bonds. The molecule has 2 aromatic rings. The number of anilines is 1. The molecule has 0 bridgehead atoms. The van der Waals surface area contributed by atoms with E-state index in [0.29, 0.717) is 24.9 Å². The van der Waals surface area contributed by atoms with E-state index in [1.54, 1.807) is 19.1 Å². The summed E-state index contributed by atoms with van der Waals surface area (Å²) < 4.78 is 29.0. The molecule has 10 heteroatoms. The maximum Gasteiger partial charge on any atom is 0.241 e. The van der Waals surface area contributed by atoms with Crippen LogP contribution < -0.4 is 26.4 Å². The molecule has 9 nitrogen and oxygen atoms in total. The van der Waals surface area contributed by atoms with Crippen LogP contribution in [-0.4, -0.2) is 53.5 Å². The Morgan fingerprint density at radius 2 is 1.80 bits per heavy atom. The normalized spacial score (nSPS) is 12.4. The van der Waals surface area contributed by atoms with Gasteiger partial charge in [-0.25, -0.2) is 8.42 Å². The number of nitrogens with zero attached hydrogens (tertiary/aromatic N) is 2. The standard InChI is InChI=1S/C20H30N6O3S/c1-4-23-19(27)16(10-7-13-24-20(21)22)25-30(28,29)18-12-6-8-14-15(18)9-5-11-17(14)26(2)3/h5-6,8-9,11-12,16,25H,4,7,10,13H2,1-3H3,(H,23,27)(H4,21,22,24)/t16-/m0/s1. The Morgan fingerprint density at radius 1 is 1.13 bits per heavy atom. The fourth-order valence-electron chi connectivity index (χ4n) is 3.18. The van der Waals surface area contributed by atoms with Crippen molar-refractivity contribution in [3.63, 3.8) is 0 Å². The summed E-state index contributed by atoms with van der Waals surface area (Å²) in [5, 5.41) is 4.07. The SMILES string of the molecule is CCNC(=O)[C@H](CCCN=C(N)N)NS(=O)(=O)c1cccc2c(N(C)C)cccc12. The molecule has 0 aromatic heterocycles. The van der Waals surface area contributed by atoms with Crippen LogP contribution in [0.4, 0.5) is 5.69 Å². The summed E-state index contributed by atoms with van der Waals surface area (Å²) in [6, 6.07) is 9.68. The lowest BCUT2D eigenvalue weighted by molar-refractivity contribution is -0.122. The number of carbonyl (C=O) groups is 1. The molecule has 0 aliphatic heterocycles. The van der Waals surface area contributed by atoms with Crippen LogP contribution in [0.2, 0.25) is 0 Å². The van der Waals surface area contributed by atoms with E-state index in [4.69, 9.17) is 11.5 Å². The zero-order chi connectivity index (χ0) is 22.3. The molecule has 1 atom stereocenters. The summed E-state index contributed by atoms with van der Waals surface area (Å²) in [7, 11) is -0.163. The van der Waals surface area contributed by atoms with Gasteiger partial charge in [-0.1, -0.05) is 24.3 Å². The molecular weight excluding hydrogens is 404 g/mol. The first-order valence-electron chi connectivity index (χ1n) is 9.72. The zero-order valence-electron chi connectivity index (χ0n) is 17.6. The van der Waals surface area contributed by atoms with Gasteiger partial charge in [0.1, 0.15) is 6.04 Å². The fraction of sp³-hybridized carbons (Fsp3) is 0.400. The topological polar surface area (TPSA) is 143 Å². The number of amides is 1. The van der Waals surface area contributed by atoms with Crippen LogP contribution >= 0.6 is 0 Å². The molecule has 0 radical (unpaired) electrons. The van der Waals surface area contributed by atoms with Gasteiger partial charge in [-0.2, -0.15) is 4.72 Å². The van der Waals surface area contributed by atoms with Gasteiger partial charge in [0.2, 0.25) is 15.9 Å². The number of fused-ring (bicyclic) bond motifs is 1. The number of guanidine groups is 1. The third kappa shape index (κ3) is 5.83. The van der Waals surface area contributed by atoms with E-state index < -0.39 is 16.1 Å². The Labute approximate surface area is 177 Å². The number of sulfonamides is 1. The smallest absolute Gasteiger partial charge is 0.241 e. The third-order valence-corrected chi connectivity index (χ3v) is 6.07. The van der Waals surface area contributed by atoms with Gasteiger partial charge in [-0.3, -0.25) is 9.79 Å². The molecule has 30 heavy (non-hydrogen) atoms. The van der Waals surface area contributed by atoms with Gasteiger partial charge in [0.25, 0.3) is 0 Å². The molecule has 0 aliphatic carbocycles. The van der Waals surface area contributed by atoms with Crippen LogP contribution in [-0.2, 0) is 14.8 Å². The first kappa shape index (κ1) is 23.4. The average molecular weight is 435 g/mol. The summed E-state index contributed by atoms with van der Waals surface area (Å²) in [5.74, 6) is -0.433. The molecule has 6 N–H and O–H groups in total. The minimum Gasteiger partial charge on any atom is -0.377 e. The van der Waals surface area contributed by atoms with Crippen molar-refractivity contribution < 1.29 is 13.2 Å². The van der Waals surface area contributed by atoms with E-state index in [0.717, 1.165) is 11.1 Å². The maximum absolute atomic E-state index is 13.2. The van der Waals surface area contributed by atoms with Crippen molar-refractivity contribution in [2.24, 2.45) is 16.5 Å². The van der Waals surface area contributed by atoms with Gasteiger partial charge in [0.05, 0.1) is 4.90 Å². The van der Waals surface area contributed by atoms with E-state index >= 15 is 0 Å². The molecule has 0 spiro atoms. The number of hydrogen-bond donors (Lipinski definition) is 4. The number of carbonyl (C=O) groups excluding carboxylic acids is 1. The molecule has 0 fully saturated rings. The molecule has 0 saturated carbocycles. The van der Waals surface area contributed by atoms with Crippen molar-refractivity contribution in [1.82, 2.24) is 10.0 Å². The van der Waals surface area contributed by atoms with E-state index in [9.17, 15) is 13.2 Å². The Morgan fingerprint density at radius 3 is 2.43 bits per heavy atom. The van der Waals surface area contributed by atoms with Crippen LogP contribution in [0.5, 0.6) is 0 Å². The zero-order valence-corrected chi connectivity index (χ0v) is 18.4. The Balaban J connectivity index is 2.36. The van der Waals surface area contributed by atoms with Gasteiger partial charge < -0.3 is 21.7 Å². The highest BCUT2D eigenvalue weighted by atomic mass is 32.2. The number of hydrogen-bond acceptors (Lipinski definition) is 5. The van der Waals surface area contributed by atoms with Crippen molar-refractivity contribution in [3.8, 4) is 0 Å². The minimum absolute atomic E-state index is 0.0439. The summed E-state index contributed by atoms with van der Waals surface area (Å²) in [6.45, 7) is 2.47. The molecule has 164 valence electrons. The highest BCUT2D eigenvalue weighted by molar-refractivity contribution is 7.89. The van der Waals surface area contributed by atoms with Gasteiger partial charge in [0, 0.05) is 43.6 Å². The lowest BCUT2D eigenvalue weighted by Crippen LogP contribution is -2.46. The van der Waals surface area contributed by atoms with Crippen molar-refractivity contribution in [2.45, 2.75) is 30.7 Å². The van der Waals surface area contributed by atoms with E-state index in [1.165, 1.54) is 6.07 Å². The molecule has 0 unspecified atom stereocenters. The lowest BCUT2D eigenvalue weighted by Gasteiger charge is -2.20. The second-order valence-corrected chi connectivity index (χ2v) is 8.72. The summed E-state index contributed by atoms with van der Waals surface area (Å²) >= 11 is 0. The van der Waals surface area contributed by atoms with Crippen LogP contribution in [0, 0.1) is 0 Å². The van der Waals surface area contributed by atoms with Crippen LogP contribution in [0.15, 0.2) is 46.3 Å². The Hall–Kier alpha value is -2.85. The molecular formula is C20H30N6O3S. The van der Waals surface area contributed by atoms with Gasteiger partial charge >= 0.3 is 0 Å². The first-order chi connectivity index (χ1) is 14.2. The van der Waals surface area contributed by atoms with Crippen molar-refractivity contribution in [1.29, 1.82) is 0 Å². The minimum atomic E-state index is -3.96. The highest BCUT2D eigenvalue weighted by Gasteiger charge is 2.26. The predicted molar refractivity (Wildman–Crippen MR) is 121 cm³/mol. The maximum atomic E-state index is 13.2. The first-order valence-corrected chi connectivity index (χ1v) is 11.2. The van der Waals surface area contributed by atoms with E-state index in [1.807, 2.05) is 37.2 Å². The highest BCUT2D eigenvalue weighted by Crippen LogP contribution is 2.30. The Kier molecular flexibility index (Phi) is 8.01. The summed E-state index contributed by atoms with van der Waals surface area (Å²) in [4.78, 5) is 18.4. The van der Waals surface area contributed by atoms with Crippen molar-refractivity contribution in [3.05, 3.63) is 36.4 Å². The molecule has 0 heterocycles. The van der Waals surface area contributed by atoms with E-state index in [2.05, 4.69) is 15.0 Å². The number of likely N-dealkylation sites (N-methyl/N-ethyl adjacent to an activating group) is 1. The number of nitrogens with one attached hydrogen (secondary N) is 2. The molecule has 2 aromatic carbocycles. The molecule has 0 saturated heterocycles. The Bertz CT molecular complexity index is 1020. The molecule has 2 rings (SSSR count). The second-order valence-electron chi connectivity index (χ2n) is 7.04. The molecule has 0 aliphatic rings. The van der Waals surface area contributed by atoms with Crippen molar-refractivity contribution >= 4 is 38.3 Å². The second kappa shape index (κ2) is 10.3. The van der Waals surface area contributed by atoms with Crippen LogP contribution in [0.3, 0.4) is 0 Å². The summed E-state index contributed by atoms with van der Waals surface area (Å²) in [6.07, 6.45) is 0.706. The van der Waals surface area contributed by atoms with Gasteiger partial charge in [0.15, 0.2) is 5.96 Å². The van der Waals surface area contributed by atoms with E-state index in [-0.39, 0.29) is 23.2 Å². The lowest BCUT2D eigenvalue weighted by atomic mass is 10.1. The van der Waals surface area contributed by atoms with Crippen LogP contribution in [0.1, 0.15) is 19.8 Å². The third-order valence-electron chi connectivity index (χ3n) is 4.54. The number of benzene rings is 2. The largest absolute Gasteiger partial charge is 0.377 e. The quantitative estimate of drug-likeness (QED) is 0.247. The fourth-order valence-corrected chi connectivity index (χ4v) is 4.64. The number of aliphatic imine (C=N–C) groups is 1. The van der Waals surface area contributed by atoms with Crippen LogP contribution in [0.25, 0.3) is 10.8 Å². The number of nitrogens with two attached hydrogens (primary N) is 2. The average Bonchev–Trinajstić information content (AvgIpc) is 2.69. The van der Waals surface area contributed by atoms with Gasteiger partial charge in [-0.05, 0) is 31.9 Å². The van der Waals surface area contributed by atoms with Crippen molar-refractivity contribution in [2.75, 3.05) is 32.1 Å².